The van der Waals surface area contributed by atoms with Gasteiger partial charge in [-0.3, -0.25) is 0 Å². The first kappa shape index (κ1) is 12.1. The van der Waals surface area contributed by atoms with E-state index < -0.39 is 0 Å². The maximum atomic E-state index is 10.2. The van der Waals surface area contributed by atoms with E-state index in [-0.39, 0.29) is 6.10 Å². The van der Waals surface area contributed by atoms with Crippen LogP contribution in [0.15, 0.2) is 28.7 Å². The summed E-state index contributed by atoms with van der Waals surface area (Å²) in [4.78, 5) is 0. The van der Waals surface area contributed by atoms with Crippen LogP contribution in [0.5, 0.6) is 0 Å². The minimum atomic E-state index is -0.168. The minimum Gasteiger partial charge on any atom is -0.392 e. The fourth-order valence-corrected chi connectivity index (χ4v) is 3.02. The van der Waals surface area contributed by atoms with Gasteiger partial charge in [-0.2, -0.15) is 0 Å². The Balaban J connectivity index is 1.96. The second kappa shape index (κ2) is 5.33. The van der Waals surface area contributed by atoms with Crippen LogP contribution in [0.1, 0.15) is 31.7 Å². The van der Waals surface area contributed by atoms with Gasteiger partial charge in [-0.15, -0.1) is 0 Å². The summed E-state index contributed by atoms with van der Waals surface area (Å²) in [6, 6.07) is 8.26. The Bertz CT molecular complexity index is 333. The van der Waals surface area contributed by atoms with Gasteiger partial charge in [-0.25, -0.2) is 0 Å². The van der Waals surface area contributed by atoms with E-state index in [0.717, 1.165) is 10.9 Å². The summed E-state index contributed by atoms with van der Waals surface area (Å²) in [7, 11) is 0. The molecule has 0 aromatic heterocycles. The molecule has 0 saturated heterocycles. The van der Waals surface area contributed by atoms with E-state index in [1.54, 1.807) is 0 Å². The van der Waals surface area contributed by atoms with Gasteiger partial charge in [0.25, 0.3) is 0 Å². The van der Waals surface area contributed by atoms with Gasteiger partial charge < -0.3 is 5.11 Å². The lowest BCUT2D eigenvalue weighted by atomic mass is 9.89. The highest BCUT2D eigenvalue weighted by molar-refractivity contribution is 9.10. The summed E-state index contributed by atoms with van der Waals surface area (Å²) in [6.45, 7) is 2.27. The zero-order valence-electron chi connectivity index (χ0n) is 9.70. The zero-order valence-corrected chi connectivity index (χ0v) is 11.3. The minimum absolute atomic E-state index is 0.168. The number of hydrogen-bond donors (Lipinski definition) is 1. The van der Waals surface area contributed by atoms with E-state index in [1.165, 1.54) is 24.8 Å². The lowest BCUT2D eigenvalue weighted by Gasteiger charge is -2.22. The molecule has 1 nitrogen and oxygen atoms in total. The monoisotopic (exact) mass is 282 g/mol. The van der Waals surface area contributed by atoms with Gasteiger partial charge in [0, 0.05) is 4.47 Å². The van der Waals surface area contributed by atoms with Gasteiger partial charge in [0.2, 0.25) is 0 Å². The molecule has 0 heterocycles. The van der Waals surface area contributed by atoms with E-state index in [4.69, 9.17) is 0 Å². The van der Waals surface area contributed by atoms with Crippen molar-refractivity contribution >= 4 is 15.9 Å². The summed E-state index contributed by atoms with van der Waals surface area (Å²) in [5, 5.41) is 10.2. The fourth-order valence-electron chi connectivity index (χ4n) is 2.76. The molecule has 16 heavy (non-hydrogen) atoms. The number of hydrogen-bond acceptors (Lipinski definition) is 1. The molecule has 1 aromatic rings. The molecule has 3 unspecified atom stereocenters. The molecule has 0 aliphatic heterocycles. The zero-order chi connectivity index (χ0) is 11.5. The average molecular weight is 283 g/mol. The molecule has 0 radical (unpaired) electrons. The van der Waals surface area contributed by atoms with Gasteiger partial charge >= 0.3 is 0 Å². The fraction of sp³-hybridized carbons (Fsp3) is 0.571. The Morgan fingerprint density at radius 1 is 1.31 bits per heavy atom. The molecule has 0 bridgehead atoms. The number of aliphatic hydroxyl groups excluding tert-OH is 1. The number of benzene rings is 1. The van der Waals surface area contributed by atoms with Gasteiger partial charge in [-0.05, 0) is 42.4 Å². The maximum absolute atomic E-state index is 10.2. The van der Waals surface area contributed by atoms with Crippen molar-refractivity contribution in [1.82, 2.24) is 0 Å². The average Bonchev–Trinajstić information content (AvgIpc) is 2.68. The highest BCUT2D eigenvalue weighted by atomic mass is 79.9. The molecule has 3 atom stereocenters. The van der Waals surface area contributed by atoms with Crippen LogP contribution in [-0.2, 0) is 6.42 Å². The molecule has 2 rings (SSSR count). The normalized spacial score (nSPS) is 26.9. The summed E-state index contributed by atoms with van der Waals surface area (Å²) in [5.74, 6) is 1.19. The highest BCUT2D eigenvalue weighted by Gasteiger charge is 2.29. The Morgan fingerprint density at radius 3 is 2.56 bits per heavy atom. The van der Waals surface area contributed by atoms with Crippen LogP contribution < -0.4 is 0 Å². The Labute approximate surface area is 106 Å². The third-order valence-electron chi connectivity index (χ3n) is 3.78. The van der Waals surface area contributed by atoms with Crippen LogP contribution in [0.3, 0.4) is 0 Å². The predicted molar refractivity (Wildman–Crippen MR) is 70.4 cm³/mol. The third kappa shape index (κ3) is 2.86. The molecule has 1 aromatic carbocycles. The van der Waals surface area contributed by atoms with Crippen molar-refractivity contribution in [3.63, 3.8) is 0 Å². The second-order valence-electron chi connectivity index (χ2n) is 4.97. The van der Waals surface area contributed by atoms with E-state index in [0.29, 0.717) is 11.8 Å². The quantitative estimate of drug-likeness (QED) is 0.894. The van der Waals surface area contributed by atoms with Crippen LogP contribution in [-0.4, -0.2) is 11.2 Å². The van der Waals surface area contributed by atoms with E-state index >= 15 is 0 Å². The Hall–Kier alpha value is -0.340. The van der Waals surface area contributed by atoms with Gasteiger partial charge in [-0.1, -0.05) is 47.8 Å². The molecule has 1 aliphatic carbocycles. The summed E-state index contributed by atoms with van der Waals surface area (Å²) in [6.07, 6.45) is 4.38. The topological polar surface area (TPSA) is 20.2 Å². The van der Waals surface area contributed by atoms with Gasteiger partial charge in [0.1, 0.15) is 0 Å². The van der Waals surface area contributed by atoms with Gasteiger partial charge in [0.05, 0.1) is 6.10 Å². The van der Waals surface area contributed by atoms with Crippen molar-refractivity contribution in [3.8, 4) is 0 Å². The van der Waals surface area contributed by atoms with Crippen LogP contribution in [0.2, 0.25) is 0 Å². The molecule has 88 valence electrons. The van der Waals surface area contributed by atoms with Crippen molar-refractivity contribution in [1.29, 1.82) is 0 Å². The second-order valence-corrected chi connectivity index (χ2v) is 5.89. The van der Waals surface area contributed by atoms with Crippen LogP contribution >= 0.6 is 15.9 Å². The number of rotatable bonds is 3. The molecule has 2 heteroatoms. The lowest BCUT2D eigenvalue weighted by Crippen LogP contribution is -2.24. The molecule has 0 spiro atoms. The first-order valence-corrected chi connectivity index (χ1v) is 6.88. The molecule has 1 N–H and O–H groups in total. The summed E-state index contributed by atoms with van der Waals surface area (Å²) >= 11 is 3.42. The largest absolute Gasteiger partial charge is 0.392 e. The molecule has 1 fully saturated rings. The predicted octanol–water partition coefficient (Wildman–Crippen LogP) is 3.79. The van der Waals surface area contributed by atoms with Crippen molar-refractivity contribution in [2.45, 2.75) is 38.7 Å². The Kier molecular flexibility index (Phi) is 4.04. The van der Waals surface area contributed by atoms with Crippen molar-refractivity contribution in [3.05, 3.63) is 34.3 Å². The van der Waals surface area contributed by atoms with E-state index in [9.17, 15) is 5.11 Å². The van der Waals surface area contributed by atoms with Crippen LogP contribution in [0.25, 0.3) is 0 Å². The Morgan fingerprint density at radius 2 is 2.00 bits per heavy atom. The summed E-state index contributed by atoms with van der Waals surface area (Å²) < 4.78 is 1.10. The highest BCUT2D eigenvalue weighted by Crippen LogP contribution is 2.34. The smallest absolute Gasteiger partial charge is 0.0611 e. The van der Waals surface area contributed by atoms with Crippen molar-refractivity contribution in [2.24, 2.45) is 11.8 Å². The number of aliphatic hydroxyl groups is 1. The summed E-state index contributed by atoms with van der Waals surface area (Å²) in [5.41, 5.74) is 1.23. The third-order valence-corrected chi connectivity index (χ3v) is 4.31. The first-order valence-electron chi connectivity index (χ1n) is 6.09. The van der Waals surface area contributed by atoms with Crippen molar-refractivity contribution < 1.29 is 5.11 Å². The first-order chi connectivity index (χ1) is 7.66. The van der Waals surface area contributed by atoms with E-state index in [2.05, 4.69) is 35.0 Å². The maximum Gasteiger partial charge on any atom is 0.0611 e. The van der Waals surface area contributed by atoms with Crippen LogP contribution in [0, 0.1) is 11.8 Å². The van der Waals surface area contributed by atoms with Gasteiger partial charge in [0.15, 0.2) is 0 Å². The standard InChI is InChI=1S/C14H19BrO/c1-10-3-2-4-13(10)14(16)9-11-5-7-12(15)8-6-11/h5-8,10,13-14,16H,2-4,9H2,1H3. The molecule has 1 saturated carbocycles. The molecule has 1 aliphatic rings. The van der Waals surface area contributed by atoms with E-state index in [1.807, 2.05) is 12.1 Å². The molecular formula is C14H19BrO. The van der Waals surface area contributed by atoms with Crippen LogP contribution in [0.4, 0.5) is 0 Å². The molecular weight excluding hydrogens is 264 g/mol. The van der Waals surface area contributed by atoms with Crippen molar-refractivity contribution in [2.75, 3.05) is 0 Å². The lowest BCUT2D eigenvalue weighted by molar-refractivity contribution is 0.0902. The molecule has 0 amide bonds. The SMILES string of the molecule is CC1CCCC1C(O)Cc1ccc(Br)cc1. The number of halogens is 1.